The van der Waals surface area contributed by atoms with Crippen LogP contribution in [-0.2, 0) is 4.79 Å². The van der Waals surface area contributed by atoms with Crippen LogP contribution >= 0.6 is 27.5 Å². The van der Waals surface area contributed by atoms with Crippen molar-refractivity contribution in [1.82, 2.24) is 19.5 Å². The summed E-state index contributed by atoms with van der Waals surface area (Å²) in [6.45, 7) is 1.53. The Labute approximate surface area is 217 Å². The number of likely N-dealkylation sites (tertiary alicyclic amines) is 1. The Balaban J connectivity index is 1.15. The number of benzene rings is 2. The molecule has 2 aliphatic rings. The van der Waals surface area contributed by atoms with Gasteiger partial charge in [0.05, 0.1) is 16.4 Å². The molecule has 35 heavy (non-hydrogen) atoms. The van der Waals surface area contributed by atoms with Gasteiger partial charge in [0.2, 0.25) is 5.91 Å². The van der Waals surface area contributed by atoms with Gasteiger partial charge in [-0.25, -0.2) is 4.98 Å². The molecule has 1 amide bonds. The summed E-state index contributed by atoms with van der Waals surface area (Å²) in [5.74, 6) is 1.69. The van der Waals surface area contributed by atoms with Gasteiger partial charge in [-0.2, -0.15) is 9.61 Å². The number of fused-ring (bicyclic) bond motifs is 1. The third-order valence-electron chi connectivity index (χ3n) is 7.07. The SMILES string of the molecule is O=C([C@@H]1C[C@H]1c1ccccc1)N1CCC(Nc2cc(-c3ccccc3Cl)nc3c(Br)cnn23)CC1. The number of nitrogens with zero attached hydrogens (tertiary/aromatic N) is 4. The third kappa shape index (κ3) is 4.43. The smallest absolute Gasteiger partial charge is 0.226 e. The lowest BCUT2D eigenvalue weighted by atomic mass is 10.0. The number of amides is 1. The molecule has 8 heteroatoms. The number of anilines is 1. The fraction of sp³-hybridized carbons (Fsp3) is 0.296. The molecule has 2 atom stereocenters. The Kier molecular flexibility index (Phi) is 5.98. The summed E-state index contributed by atoms with van der Waals surface area (Å²) in [4.78, 5) is 19.9. The van der Waals surface area contributed by atoms with Crippen molar-refractivity contribution < 1.29 is 4.79 Å². The lowest BCUT2D eigenvalue weighted by Crippen LogP contribution is -2.43. The molecule has 0 bridgehead atoms. The molecular formula is C27H25BrClN5O. The van der Waals surface area contributed by atoms with Crippen molar-refractivity contribution in [3.8, 4) is 11.3 Å². The van der Waals surface area contributed by atoms with E-state index in [4.69, 9.17) is 16.6 Å². The predicted molar refractivity (Wildman–Crippen MR) is 142 cm³/mol. The van der Waals surface area contributed by atoms with Crippen molar-refractivity contribution in [2.45, 2.75) is 31.2 Å². The van der Waals surface area contributed by atoms with Gasteiger partial charge in [-0.3, -0.25) is 4.79 Å². The van der Waals surface area contributed by atoms with Crippen LogP contribution in [0.15, 0.2) is 71.3 Å². The van der Waals surface area contributed by atoms with Gasteiger partial charge in [0, 0.05) is 41.7 Å². The van der Waals surface area contributed by atoms with Crippen LogP contribution in [0.2, 0.25) is 5.02 Å². The van der Waals surface area contributed by atoms with Crippen LogP contribution in [0.5, 0.6) is 0 Å². The number of nitrogens with one attached hydrogen (secondary N) is 1. The molecule has 1 aliphatic heterocycles. The highest BCUT2D eigenvalue weighted by Gasteiger charge is 2.46. The van der Waals surface area contributed by atoms with E-state index in [0.717, 1.165) is 59.5 Å². The topological polar surface area (TPSA) is 62.5 Å². The number of carbonyl (C=O) groups excluding carboxylic acids is 1. The lowest BCUT2D eigenvalue weighted by molar-refractivity contribution is -0.133. The largest absolute Gasteiger partial charge is 0.367 e. The highest BCUT2D eigenvalue weighted by molar-refractivity contribution is 9.10. The summed E-state index contributed by atoms with van der Waals surface area (Å²) in [6.07, 6.45) is 4.50. The van der Waals surface area contributed by atoms with Crippen molar-refractivity contribution >= 4 is 44.9 Å². The van der Waals surface area contributed by atoms with Crippen LogP contribution in [0.1, 0.15) is 30.7 Å². The molecule has 0 unspecified atom stereocenters. The number of halogens is 2. The number of aromatic nitrogens is 3. The first kappa shape index (κ1) is 22.6. The molecule has 1 saturated heterocycles. The van der Waals surface area contributed by atoms with Crippen LogP contribution in [0, 0.1) is 5.92 Å². The summed E-state index contributed by atoms with van der Waals surface area (Å²) in [5.41, 5.74) is 3.69. The predicted octanol–water partition coefficient (Wildman–Crippen LogP) is 6.02. The Morgan fingerprint density at radius 1 is 1.06 bits per heavy atom. The van der Waals surface area contributed by atoms with Crippen LogP contribution < -0.4 is 5.32 Å². The monoisotopic (exact) mass is 549 g/mol. The van der Waals surface area contributed by atoms with Crippen LogP contribution in [0.4, 0.5) is 5.82 Å². The zero-order valence-corrected chi connectivity index (χ0v) is 21.4. The summed E-state index contributed by atoms with van der Waals surface area (Å²) < 4.78 is 2.64. The van der Waals surface area contributed by atoms with Crippen LogP contribution in [-0.4, -0.2) is 44.5 Å². The van der Waals surface area contributed by atoms with E-state index in [1.807, 2.05) is 45.8 Å². The van der Waals surface area contributed by atoms with Crippen molar-refractivity contribution in [3.63, 3.8) is 0 Å². The molecule has 2 fully saturated rings. The molecule has 6 nitrogen and oxygen atoms in total. The molecule has 0 spiro atoms. The number of carbonyl (C=O) groups is 1. The molecule has 2 aromatic carbocycles. The molecule has 3 heterocycles. The second kappa shape index (κ2) is 9.28. The average Bonchev–Trinajstić information content (AvgIpc) is 3.61. The zero-order chi connectivity index (χ0) is 23.9. The summed E-state index contributed by atoms with van der Waals surface area (Å²) in [5, 5.41) is 8.82. The molecule has 1 N–H and O–H groups in total. The van der Waals surface area contributed by atoms with E-state index in [0.29, 0.717) is 16.8 Å². The van der Waals surface area contributed by atoms with Gasteiger partial charge in [0.15, 0.2) is 5.65 Å². The maximum atomic E-state index is 13.1. The average molecular weight is 551 g/mol. The normalized spacial score (nSPS) is 20.2. The van der Waals surface area contributed by atoms with E-state index in [-0.39, 0.29) is 12.0 Å². The van der Waals surface area contributed by atoms with Gasteiger partial charge < -0.3 is 10.2 Å². The Morgan fingerprint density at radius 2 is 1.80 bits per heavy atom. The molecule has 6 rings (SSSR count). The van der Waals surface area contributed by atoms with Crippen LogP contribution in [0.3, 0.4) is 0 Å². The second-order valence-electron chi connectivity index (χ2n) is 9.34. The van der Waals surface area contributed by atoms with E-state index >= 15 is 0 Å². The molecule has 4 aromatic rings. The van der Waals surface area contributed by atoms with Gasteiger partial charge in [0.1, 0.15) is 5.82 Å². The molecule has 1 saturated carbocycles. The highest BCUT2D eigenvalue weighted by atomic mass is 79.9. The fourth-order valence-corrected chi connectivity index (χ4v) is 5.65. The fourth-order valence-electron chi connectivity index (χ4n) is 5.07. The van der Waals surface area contributed by atoms with Gasteiger partial charge in [-0.15, -0.1) is 0 Å². The van der Waals surface area contributed by atoms with Crippen molar-refractivity contribution in [3.05, 3.63) is 81.9 Å². The minimum Gasteiger partial charge on any atom is -0.367 e. The molecule has 178 valence electrons. The number of rotatable bonds is 5. The van der Waals surface area contributed by atoms with E-state index in [1.165, 1.54) is 5.56 Å². The van der Waals surface area contributed by atoms with Crippen molar-refractivity contribution in [2.75, 3.05) is 18.4 Å². The maximum Gasteiger partial charge on any atom is 0.226 e. The number of piperidine rings is 1. The molecule has 1 aliphatic carbocycles. The second-order valence-corrected chi connectivity index (χ2v) is 10.6. The number of hydrogen-bond donors (Lipinski definition) is 1. The summed E-state index contributed by atoms with van der Waals surface area (Å²) in [7, 11) is 0. The number of hydrogen-bond acceptors (Lipinski definition) is 4. The van der Waals surface area contributed by atoms with Gasteiger partial charge >= 0.3 is 0 Å². The summed E-state index contributed by atoms with van der Waals surface area (Å²) in [6, 6.07) is 20.4. The minimum absolute atomic E-state index is 0.140. The lowest BCUT2D eigenvalue weighted by Gasteiger charge is -2.33. The summed E-state index contributed by atoms with van der Waals surface area (Å²) >= 11 is 10.0. The first-order chi connectivity index (χ1) is 17.1. The van der Waals surface area contributed by atoms with Gasteiger partial charge in [0.25, 0.3) is 0 Å². The van der Waals surface area contributed by atoms with E-state index in [1.54, 1.807) is 6.20 Å². The van der Waals surface area contributed by atoms with E-state index < -0.39 is 0 Å². The van der Waals surface area contributed by atoms with Gasteiger partial charge in [-0.1, -0.05) is 60.1 Å². The highest BCUT2D eigenvalue weighted by Crippen LogP contribution is 2.48. The van der Waals surface area contributed by atoms with Crippen LogP contribution in [0.25, 0.3) is 16.9 Å². The van der Waals surface area contributed by atoms with Gasteiger partial charge in [-0.05, 0) is 52.7 Å². The Morgan fingerprint density at radius 3 is 2.57 bits per heavy atom. The van der Waals surface area contributed by atoms with E-state index in [2.05, 4.69) is 50.6 Å². The quantitative estimate of drug-likeness (QED) is 0.330. The Bertz CT molecular complexity index is 1380. The third-order valence-corrected chi connectivity index (χ3v) is 7.96. The zero-order valence-electron chi connectivity index (χ0n) is 19.1. The molecular weight excluding hydrogens is 526 g/mol. The standard InChI is InChI=1S/C27H25BrClN5O/c28-22-16-30-34-25(15-24(32-26(22)34)19-8-4-5-9-23(19)29)31-18-10-12-33(13-11-18)27(35)21-14-20(21)17-6-2-1-3-7-17/h1-9,15-16,18,20-21,31H,10-14H2/t20-,21+/m0/s1. The molecule has 2 aromatic heterocycles. The maximum absolute atomic E-state index is 13.1. The van der Waals surface area contributed by atoms with Crippen molar-refractivity contribution in [2.24, 2.45) is 5.92 Å². The Hall–Kier alpha value is -2.90. The van der Waals surface area contributed by atoms with Crippen molar-refractivity contribution in [1.29, 1.82) is 0 Å². The minimum atomic E-state index is 0.140. The molecule has 0 radical (unpaired) electrons. The first-order valence-corrected chi connectivity index (χ1v) is 13.1. The van der Waals surface area contributed by atoms with E-state index in [9.17, 15) is 4.79 Å². The first-order valence-electron chi connectivity index (χ1n) is 12.0.